The van der Waals surface area contributed by atoms with Crippen molar-refractivity contribution in [3.63, 3.8) is 0 Å². The van der Waals surface area contributed by atoms with Crippen LogP contribution >= 0.6 is 23.2 Å². The van der Waals surface area contributed by atoms with Gasteiger partial charge in [-0.25, -0.2) is 8.42 Å². The average Bonchev–Trinajstić information content (AvgIpc) is 2.43. The Balaban J connectivity index is 3.41. The topological polar surface area (TPSA) is 49.4 Å². The van der Waals surface area contributed by atoms with Gasteiger partial charge in [0.05, 0.1) is 5.02 Å². The predicted octanol–water partition coefficient (Wildman–Crippen LogP) is 3.52. The van der Waals surface area contributed by atoms with Gasteiger partial charge in [-0.1, -0.05) is 37.0 Å². The Hall–Kier alpha value is -0.330. The van der Waals surface area contributed by atoms with Crippen molar-refractivity contribution in [2.45, 2.75) is 44.7 Å². The third kappa shape index (κ3) is 3.90. The van der Waals surface area contributed by atoms with E-state index in [0.29, 0.717) is 23.7 Å². The molecule has 0 bridgehead atoms. The van der Waals surface area contributed by atoms with Crippen molar-refractivity contribution < 1.29 is 8.42 Å². The predicted molar refractivity (Wildman–Crippen MR) is 88.5 cm³/mol. The molecule has 0 aliphatic carbocycles. The summed E-state index contributed by atoms with van der Waals surface area (Å²) >= 11 is 12.4. The molecule has 1 rings (SSSR count). The smallest absolute Gasteiger partial charge is 0.244 e. The van der Waals surface area contributed by atoms with E-state index in [1.54, 1.807) is 13.1 Å². The number of sulfonamides is 1. The SMILES string of the molecule is CCC(C)N(CC)S(=O)(=O)c1ccc(Cl)c(CNC)c1Cl. The van der Waals surface area contributed by atoms with Gasteiger partial charge in [0.1, 0.15) is 4.90 Å². The first-order valence-corrected chi connectivity index (χ1v) is 9.14. The Bertz CT molecular complexity index is 591. The molecule has 1 aromatic rings. The van der Waals surface area contributed by atoms with E-state index in [4.69, 9.17) is 23.2 Å². The van der Waals surface area contributed by atoms with Crippen molar-refractivity contribution in [2.24, 2.45) is 0 Å². The summed E-state index contributed by atoms with van der Waals surface area (Å²) in [4.78, 5) is 0.112. The van der Waals surface area contributed by atoms with Crippen LogP contribution in [-0.2, 0) is 16.6 Å². The van der Waals surface area contributed by atoms with Gasteiger partial charge >= 0.3 is 0 Å². The lowest BCUT2D eigenvalue weighted by molar-refractivity contribution is 0.342. The molecule has 7 heteroatoms. The molecule has 0 heterocycles. The fourth-order valence-corrected chi connectivity index (χ4v) is 4.76. The van der Waals surface area contributed by atoms with E-state index in [1.165, 1.54) is 10.4 Å². The van der Waals surface area contributed by atoms with Crippen LogP contribution in [0.2, 0.25) is 10.0 Å². The molecular formula is C14H22Cl2N2O2S. The van der Waals surface area contributed by atoms with Crippen molar-refractivity contribution in [1.82, 2.24) is 9.62 Å². The zero-order valence-electron chi connectivity index (χ0n) is 12.8. The second-order valence-electron chi connectivity index (χ2n) is 4.83. The number of rotatable bonds is 7. The van der Waals surface area contributed by atoms with Gasteiger partial charge in [-0.15, -0.1) is 0 Å². The number of hydrogen-bond acceptors (Lipinski definition) is 3. The number of nitrogens with one attached hydrogen (secondary N) is 1. The maximum Gasteiger partial charge on any atom is 0.244 e. The van der Waals surface area contributed by atoms with Crippen LogP contribution in [0.5, 0.6) is 0 Å². The Morgan fingerprint density at radius 1 is 1.29 bits per heavy atom. The van der Waals surface area contributed by atoms with Gasteiger partial charge in [-0.05, 0) is 32.5 Å². The standard InChI is InChI=1S/C14H22Cl2N2O2S/c1-5-10(3)18(6-2)21(19,20)13-8-7-12(15)11(9-17-4)14(13)16/h7-8,10,17H,5-6,9H2,1-4H3. The molecule has 0 radical (unpaired) electrons. The third-order valence-corrected chi connectivity index (χ3v) is 6.51. The summed E-state index contributed by atoms with van der Waals surface area (Å²) in [5.74, 6) is 0. The molecule has 4 nitrogen and oxygen atoms in total. The molecule has 1 unspecified atom stereocenters. The number of halogens is 2. The summed E-state index contributed by atoms with van der Waals surface area (Å²) in [5, 5.41) is 3.60. The van der Waals surface area contributed by atoms with Gasteiger partial charge in [0, 0.05) is 29.7 Å². The molecular weight excluding hydrogens is 331 g/mol. The molecule has 1 atom stereocenters. The minimum atomic E-state index is -3.64. The van der Waals surface area contributed by atoms with Crippen LogP contribution in [0.4, 0.5) is 0 Å². The monoisotopic (exact) mass is 352 g/mol. The summed E-state index contributed by atoms with van der Waals surface area (Å²) in [6, 6.07) is 2.97. The number of hydrogen-bond donors (Lipinski definition) is 1. The molecule has 0 saturated heterocycles. The average molecular weight is 353 g/mol. The molecule has 1 N–H and O–H groups in total. The van der Waals surface area contributed by atoms with Gasteiger partial charge in [-0.2, -0.15) is 4.31 Å². The molecule has 0 aliphatic heterocycles. The molecule has 120 valence electrons. The van der Waals surface area contributed by atoms with Crippen LogP contribution in [0.25, 0.3) is 0 Å². The third-order valence-electron chi connectivity index (χ3n) is 3.48. The molecule has 21 heavy (non-hydrogen) atoms. The van der Waals surface area contributed by atoms with Crippen LogP contribution in [-0.4, -0.2) is 32.4 Å². The molecule has 0 aromatic heterocycles. The van der Waals surface area contributed by atoms with Crippen molar-refractivity contribution in [3.8, 4) is 0 Å². The van der Waals surface area contributed by atoms with E-state index in [1.807, 2.05) is 20.8 Å². The lowest BCUT2D eigenvalue weighted by Crippen LogP contribution is -2.38. The summed E-state index contributed by atoms with van der Waals surface area (Å²) in [6.45, 7) is 6.48. The van der Waals surface area contributed by atoms with Crippen LogP contribution in [0, 0.1) is 0 Å². The number of nitrogens with zero attached hydrogens (tertiary/aromatic N) is 1. The van der Waals surface area contributed by atoms with Gasteiger partial charge in [0.2, 0.25) is 10.0 Å². The molecule has 0 fully saturated rings. The van der Waals surface area contributed by atoms with E-state index in [-0.39, 0.29) is 16.0 Å². The van der Waals surface area contributed by atoms with Crippen LogP contribution < -0.4 is 5.32 Å². The molecule has 0 spiro atoms. The molecule has 0 aliphatic rings. The summed E-state index contributed by atoms with van der Waals surface area (Å²) in [7, 11) is -1.88. The maximum atomic E-state index is 12.8. The van der Waals surface area contributed by atoms with Crippen molar-refractivity contribution in [3.05, 3.63) is 27.7 Å². The first kappa shape index (κ1) is 18.7. The van der Waals surface area contributed by atoms with Crippen LogP contribution in [0.3, 0.4) is 0 Å². The van der Waals surface area contributed by atoms with Crippen LogP contribution in [0.15, 0.2) is 17.0 Å². The highest BCUT2D eigenvalue weighted by atomic mass is 35.5. The van der Waals surface area contributed by atoms with E-state index in [0.717, 1.165) is 6.42 Å². The minimum Gasteiger partial charge on any atom is -0.316 e. The van der Waals surface area contributed by atoms with E-state index < -0.39 is 10.0 Å². The largest absolute Gasteiger partial charge is 0.316 e. The van der Waals surface area contributed by atoms with Gasteiger partial charge in [0.25, 0.3) is 0 Å². The highest BCUT2D eigenvalue weighted by Crippen LogP contribution is 2.33. The zero-order valence-corrected chi connectivity index (χ0v) is 15.1. The van der Waals surface area contributed by atoms with Gasteiger partial charge < -0.3 is 5.32 Å². The Morgan fingerprint density at radius 3 is 2.38 bits per heavy atom. The van der Waals surface area contributed by atoms with Crippen molar-refractivity contribution in [2.75, 3.05) is 13.6 Å². The zero-order chi connectivity index (χ0) is 16.2. The van der Waals surface area contributed by atoms with E-state index in [2.05, 4.69) is 5.32 Å². The van der Waals surface area contributed by atoms with Crippen LogP contribution in [0.1, 0.15) is 32.8 Å². The second-order valence-corrected chi connectivity index (χ2v) is 7.48. The molecule has 0 amide bonds. The molecule has 0 saturated carbocycles. The molecule has 1 aromatic carbocycles. The summed E-state index contributed by atoms with van der Waals surface area (Å²) in [5.41, 5.74) is 0.599. The fourth-order valence-electron chi connectivity index (χ4n) is 2.16. The van der Waals surface area contributed by atoms with E-state index >= 15 is 0 Å². The van der Waals surface area contributed by atoms with Gasteiger partial charge in [-0.3, -0.25) is 0 Å². The minimum absolute atomic E-state index is 0.0838. The Labute approximate surface area is 137 Å². The quantitative estimate of drug-likeness (QED) is 0.816. The normalized spacial score (nSPS) is 13.7. The first-order valence-electron chi connectivity index (χ1n) is 6.94. The van der Waals surface area contributed by atoms with Gasteiger partial charge in [0.15, 0.2) is 0 Å². The highest BCUT2D eigenvalue weighted by molar-refractivity contribution is 7.89. The fraction of sp³-hybridized carbons (Fsp3) is 0.571. The van der Waals surface area contributed by atoms with Crippen molar-refractivity contribution >= 4 is 33.2 Å². The lowest BCUT2D eigenvalue weighted by Gasteiger charge is -2.27. The lowest BCUT2D eigenvalue weighted by atomic mass is 10.2. The second kappa shape index (κ2) is 7.79. The maximum absolute atomic E-state index is 12.8. The van der Waals surface area contributed by atoms with Crippen molar-refractivity contribution in [1.29, 1.82) is 0 Å². The first-order chi connectivity index (χ1) is 9.81. The summed E-state index contributed by atoms with van der Waals surface area (Å²) in [6.07, 6.45) is 0.738. The Morgan fingerprint density at radius 2 is 1.90 bits per heavy atom. The highest BCUT2D eigenvalue weighted by Gasteiger charge is 2.30. The summed E-state index contributed by atoms with van der Waals surface area (Å²) < 4.78 is 27.1. The van der Waals surface area contributed by atoms with E-state index in [9.17, 15) is 8.42 Å². The number of benzene rings is 1. The Kier molecular flexibility index (Phi) is 6.94.